The third kappa shape index (κ3) is 3.89. The largest absolute Gasteiger partial charge is 0.317 e. The molecule has 0 unspecified atom stereocenters. The molecule has 0 atom stereocenters. The van der Waals surface area contributed by atoms with Crippen LogP contribution in [0.3, 0.4) is 0 Å². The average Bonchev–Trinajstić information content (AvgIpc) is 2.48. The summed E-state index contributed by atoms with van der Waals surface area (Å²) in [6, 6.07) is 3.78. The fraction of sp³-hybridized carbons (Fsp3) is 0.375. The van der Waals surface area contributed by atoms with Crippen LogP contribution in [0.25, 0.3) is 0 Å². The fourth-order valence-electron chi connectivity index (χ4n) is 0.802. The minimum atomic E-state index is -0.00352. The minimum absolute atomic E-state index is 0.00352. The Kier molecular flexibility index (Phi) is 4.41. The molecule has 0 aliphatic carbocycles. The van der Waals surface area contributed by atoms with Crippen LogP contribution in [0.15, 0.2) is 15.9 Å². The molecule has 1 aromatic rings. The highest BCUT2D eigenvalue weighted by molar-refractivity contribution is 9.11. The second kappa shape index (κ2) is 5.36. The van der Waals surface area contributed by atoms with Crippen molar-refractivity contribution < 1.29 is 4.79 Å². The van der Waals surface area contributed by atoms with Gasteiger partial charge in [-0.1, -0.05) is 6.92 Å². The van der Waals surface area contributed by atoms with Crippen LogP contribution in [-0.2, 0) is 4.79 Å². The molecule has 13 heavy (non-hydrogen) atoms. The van der Waals surface area contributed by atoms with Crippen LogP contribution < -0.4 is 10.6 Å². The summed E-state index contributed by atoms with van der Waals surface area (Å²) in [7, 11) is 0. The molecular weight excluding hydrogens is 252 g/mol. The van der Waals surface area contributed by atoms with Crippen LogP contribution in [0.5, 0.6) is 0 Å². The van der Waals surface area contributed by atoms with Gasteiger partial charge in [-0.05, 0) is 34.6 Å². The Hall–Kier alpha value is -0.390. The zero-order valence-electron chi connectivity index (χ0n) is 7.26. The Morgan fingerprint density at radius 2 is 2.38 bits per heavy atom. The van der Waals surface area contributed by atoms with Gasteiger partial charge in [-0.2, -0.15) is 0 Å². The van der Waals surface area contributed by atoms with Gasteiger partial charge in [0.05, 0.1) is 15.3 Å². The quantitative estimate of drug-likeness (QED) is 0.873. The molecule has 0 saturated carbocycles. The van der Waals surface area contributed by atoms with E-state index in [-0.39, 0.29) is 5.91 Å². The van der Waals surface area contributed by atoms with Crippen molar-refractivity contribution >= 4 is 38.2 Å². The zero-order valence-corrected chi connectivity index (χ0v) is 9.67. The monoisotopic (exact) mass is 262 g/mol. The van der Waals surface area contributed by atoms with E-state index >= 15 is 0 Å². The lowest BCUT2D eigenvalue weighted by Gasteiger charge is -2.01. The van der Waals surface area contributed by atoms with Crippen molar-refractivity contribution in [3.63, 3.8) is 0 Å². The number of rotatable bonds is 4. The Morgan fingerprint density at radius 3 is 2.92 bits per heavy atom. The first kappa shape index (κ1) is 10.7. The summed E-state index contributed by atoms with van der Waals surface area (Å²) < 4.78 is 1.02. The van der Waals surface area contributed by atoms with Gasteiger partial charge in [-0.25, -0.2) is 0 Å². The van der Waals surface area contributed by atoms with E-state index in [1.807, 2.05) is 19.1 Å². The molecule has 5 heteroatoms. The van der Waals surface area contributed by atoms with Crippen LogP contribution in [0.2, 0.25) is 0 Å². The van der Waals surface area contributed by atoms with Crippen molar-refractivity contribution in [2.24, 2.45) is 0 Å². The number of hydrogen-bond acceptors (Lipinski definition) is 3. The molecule has 0 fully saturated rings. The molecule has 0 radical (unpaired) electrons. The van der Waals surface area contributed by atoms with Crippen molar-refractivity contribution in [2.75, 3.05) is 18.4 Å². The summed E-state index contributed by atoms with van der Waals surface area (Å²) >= 11 is 4.83. The number of likely N-dealkylation sites (N-methyl/N-ethyl adjacent to an activating group) is 1. The zero-order chi connectivity index (χ0) is 9.68. The smallest absolute Gasteiger partial charge is 0.238 e. The van der Waals surface area contributed by atoms with E-state index in [2.05, 4.69) is 26.6 Å². The molecule has 0 aliphatic rings. The van der Waals surface area contributed by atoms with E-state index in [1.165, 1.54) is 11.3 Å². The average molecular weight is 263 g/mol. The topological polar surface area (TPSA) is 41.1 Å². The van der Waals surface area contributed by atoms with E-state index in [1.54, 1.807) is 0 Å². The maximum atomic E-state index is 11.2. The first-order valence-corrected chi connectivity index (χ1v) is 5.59. The van der Waals surface area contributed by atoms with Crippen LogP contribution >= 0.6 is 27.3 Å². The van der Waals surface area contributed by atoms with Crippen LogP contribution in [-0.4, -0.2) is 19.0 Å². The van der Waals surface area contributed by atoms with E-state index in [0.29, 0.717) is 6.54 Å². The lowest BCUT2D eigenvalue weighted by molar-refractivity contribution is -0.115. The molecule has 1 rings (SSSR count). The summed E-state index contributed by atoms with van der Waals surface area (Å²) in [6.45, 7) is 3.14. The number of carbonyl (C=O) groups is 1. The second-order valence-electron chi connectivity index (χ2n) is 2.43. The Balaban J connectivity index is 2.36. The van der Waals surface area contributed by atoms with Gasteiger partial charge >= 0.3 is 0 Å². The Morgan fingerprint density at radius 1 is 1.62 bits per heavy atom. The Bertz CT molecular complexity index is 287. The fourth-order valence-corrected chi connectivity index (χ4v) is 2.10. The van der Waals surface area contributed by atoms with Crippen LogP contribution in [0.4, 0.5) is 5.00 Å². The summed E-state index contributed by atoms with van der Waals surface area (Å²) in [5.74, 6) is -0.00352. The molecule has 0 spiro atoms. The van der Waals surface area contributed by atoms with Crippen molar-refractivity contribution in [3.05, 3.63) is 15.9 Å². The standard InChI is InChI=1S/C8H11BrN2OS/c1-2-10-5-7(12)11-8-4-3-6(9)13-8/h3-4,10H,2,5H2,1H3,(H,11,12). The highest BCUT2D eigenvalue weighted by atomic mass is 79.9. The third-order valence-electron chi connectivity index (χ3n) is 1.37. The SMILES string of the molecule is CCNCC(=O)Nc1ccc(Br)s1. The van der Waals surface area contributed by atoms with Gasteiger partial charge < -0.3 is 10.6 Å². The lowest BCUT2D eigenvalue weighted by Crippen LogP contribution is -2.27. The number of halogens is 1. The normalized spacial score (nSPS) is 10.0. The Labute approximate surface area is 89.7 Å². The van der Waals surface area contributed by atoms with Gasteiger partial charge in [0.25, 0.3) is 0 Å². The minimum Gasteiger partial charge on any atom is -0.317 e. The molecule has 0 bridgehead atoms. The van der Waals surface area contributed by atoms with E-state index in [0.717, 1.165) is 15.3 Å². The maximum absolute atomic E-state index is 11.2. The number of amides is 1. The van der Waals surface area contributed by atoms with Gasteiger partial charge in [-0.3, -0.25) is 4.79 Å². The van der Waals surface area contributed by atoms with Crippen molar-refractivity contribution in [1.82, 2.24) is 5.32 Å². The number of hydrogen-bond donors (Lipinski definition) is 2. The van der Waals surface area contributed by atoms with E-state index < -0.39 is 0 Å². The lowest BCUT2D eigenvalue weighted by atomic mass is 10.5. The van der Waals surface area contributed by atoms with Crippen LogP contribution in [0.1, 0.15) is 6.92 Å². The van der Waals surface area contributed by atoms with E-state index in [9.17, 15) is 4.79 Å². The highest BCUT2D eigenvalue weighted by Crippen LogP contribution is 2.26. The van der Waals surface area contributed by atoms with Crippen molar-refractivity contribution in [3.8, 4) is 0 Å². The van der Waals surface area contributed by atoms with Crippen molar-refractivity contribution in [2.45, 2.75) is 6.92 Å². The van der Waals surface area contributed by atoms with Gasteiger partial charge in [0.1, 0.15) is 0 Å². The first-order valence-electron chi connectivity index (χ1n) is 3.98. The molecule has 1 aromatic heterocycles. The number of thiophene rings is 1. The summed E-state index contributed by atoms with van der Waals surface area (Å²) in [5.41, 5.74) is 0. The number of carbonyl (C=O) groups excluding carboxylic acids is 1. The molecule has 0 saturated heterocycles. The second-order valence-corrected chi connectivity index (χ2v) is 4.90. The third-order valence-corrected chi connectivity index (χ3v) is 2.91. The predicted octanol–water partition coefficient (Wildman–Crippen LogP) is 2.06. The van der Waals surface area contributed by atoms with Gasteiger partial charge in [0.2, 0.25) is 5.91 Å². The maximum Gasteiger partial charge on any atom is 0.238 e. The number of nitrogens with one attached hydrogen (secondary N) is 2. The summed E-state index contributed by atoms with van der Waals surface area (Å²) in [5, 5.41) is 6.61. The molecule has 1 heterocycles. The van der Waals surface area contributed by atoms with E-state index in [4.69, 9.17) is 0 Å². The first-order chi connectivity index (χ1) is 6.22. The summed E-state index contributed by atoms with van der Waals surface area (Å²) in [6.07, 6.45) is 0. The molecular formula is C8H11BrN2OS. The molecule has 72 valence electrons. The molecule has 0 aliphatic heterocycles. The van der Waals surface area contributed by atoms with Gasteiger partial charge in [0.15, 0.2) is 0 Å². The highest BCUT2D eigenvalue weighted by Gasteiger charge is 2.02. The van der Waals surface area contributed by atoms with Crippen LogP contribution in [0, 0.1) is 0 Å². The molecule has 1 amide bonds. The van der Waals surface area contributed by atoms with Crippen molar-refractivity contribution in [1.29, 1.82) is 0 Å². The molecule has 3 nitrogen and oxygen atoms in total. The van der Waals surface area contributed by atoms with Gasteiger partial charge in [0, 0.05) is 0 Å². The summed E-state index contributed by atoms with van der Waals surface area (Å²) in [4.78, 5) is 11.2. The predicted molar refractivity (Wildman–Crippen MR) is 59.2 cm³/mol. The van der Waals surface area contributed by atoms with Gasteiger partial charge in [-0.15, -0.1) is 11.3 Å². The molecule has 0 aromatic carbocycles. The number of anilines is 1. The molecule has 2 N–H and O–H groups in total.